The maximum atomic E-state index is 13.8. The third-order valence-electron chi connectivity index (χ3n) is 8.46. The average molecular weight is 677 g/mol. The van der Waals surface area contributed by atoms with Crippen molar-refractivity contribution >= 4 is 12.1 Å². The van der Waals surface area contributed by atoms with E-state index >= 15 is 0 Å². The summed E-state index contributed by atoms with van der Waals surface area (Å²) in [5, 5.41) is 25.5. The van der Waals surface area contributed by atoms with Crippen LogP contribution in [-0.4, -0.2) is 98.4 Å². The van der Waals surface area contributed by atoms with Gasteiger partial charge in [-0.15, -0.1) is 10.2 Å². The number of nitrogens with zero attached hydrogens (tertiary/aromatic N) is 5. The van der Waals surface area contributed by atoms with E-state index in [-0.39, 0.29) is 36.7 Å². The van der Waals surface area contributed by atoms with Crippen LogP contribution in [0.25, 0.3) is 22.5 Å². The van der Waals surface area contributed by atoms with E-state index in [1.165, 1.54) is 6.92 Å². The number of aryl methyl sites for hydroxylation is 1. The van der Waals surface area contributed by atoms with Crippen LogP contribution >= 0.6 is 0 Å². The van der Waals surface area contributed by atoms with Crippen LogP contribution in [0.5, 0.6) is 0 Å². The van der Waals surface area contributed by atoms with Crippen molar-refractivity contribution in [3.05, 3.63) is 71.3 Å². The normalized spacial score (nSPS) is 20.9. The van der Waals surface area contributed by atoms with Crippen molar-refractivity contribution in [1.82, 2.24) is 30.2 Å². The molecule has 6 rings (SSSR count). The van der Waals surface area contributed by atoms with Crippen LogP contribution in [0.1, 0.15) is 61.7 Å². The first-order chi connectivity index (χ1) is 23.6. The van der Waals surface area contributed by atoms with E-state index in [0.717, 1.165) is 28.7 Å². The van der Waals surface area contributed by atoms with E-state index in [1.54, 1.807) is 25.5 Å². The molecule has 4 aromatic rings. The molecule has 1 unspecified atom stereocenters. The van der Waals surface area contributed by atoms with Gasteiger partial charge in [-0.2, -0.15) is 5.21 Å². The minimum Gasteiger partial charge on any atom is -0.426 e. The number of ether oxygens (including phenoxy) is 6. The van der Waals surface area contributed by atoms with Crippen LogP contribution in [-0.2, 0) is 47.0 Å². The molecule has 2 fully saturated rings. The quantitative estimate of drug-likeness (QED) is 0.163. The minimum absolute atomic E-state index is 0.0586. The highest BCUT2D eigenvalue weighted by molar-refractivity contribution is 5.89. The second-order valence-corrected chi connectivity index (χ2v) is 12.5. The van der Waals surface area contributed by atoms with Gasteiger partial charge >= 0.3 is 12.1 Å². The van der Waals surface area contributed by atoms with Crippen LogP contribution in [0.15, 0.2) is 48.5 Å². The first kappa shape index (κ1) is 34.2. The van der Waals surface area contributed by atoms with E-state index in [9.17, 15) is 14.7 Å². The zero-order valence-electron chi connectivity index (χ0n) is 28.0. The Bertz CT molecular complexity index is 1750. The number of carbonyl (C=O) groups is 2. The maximum Gasteiger partial charge on any atom is 0.511 e. The molecule has 0 amide bonds. The van der Waals surface area contributed by atoms with Gasteiger partial charge in [-0.05, 0) is 42.2 Å². The number of imidazole rings is 1. The summed E-state index contributed by atoms with van der Waals surface area (Å²) in [5.41, 5.74) is 2.31. The maximum absolute atomic E-state index is 13.8. The van der Waals surface area contributed by atoms with E-state index in [4.69, 9.17) is 33.4 Å². The number of aliphatic hydroxyl groups is 1. The lowest BCUT2D eigenvalue weighted by Gasteiger charge is -2.21. The Balaban J connectivity index is 1.19. The highest BCUT2D eigenvalue weighted by atomic mass is 16.8. The second-order valence-electron chi connectivity index (χ2n) is 12.5. The van der Waals surface area contributed by atoms with E-state index < -0.39 is 36.2 Å². The topological polar surface area (TPSA) is 182 Å². The predicted octanol–water partition coefficient (Wildman–Crippen LogP) is 3.80. The highest BCUT2D eigenvalue weighted by Gasteiger charge is 2.50. The number of H-pyrrole nitrogens is 1. The molecule has 4 heterocycles. The highest BCUT2D eigenvalue weighted by Crippen LogP contribution is 2.32. The van der Waals surface area contributed by atoms with E-state index in [2.05, 4.69) is 20.6 Å². The van der Waals surface area contributed by atoms with Gasteiger partial charge in [0.25, 0.3) is 0 Å². The number of hydrogen-bond acceptors (Lipinski definition) is 13. The standard InChI is InChI=1S/C34H40N6O9/c1-6-9-26-35-30(34(3,4)43)27(32(41)47-19(2)48-33(42)49-25-18-46-28-24(44-5)17-45-29(25)28)40(26)16-20-12-14-21(15-13-20)22-10-7-8-11-23(22)31-36-38-39-37-31/h7-8,10-15,19,24-25,28-29,43H,6,9,16-18H2,1-5H3,(H,36,37,38,39)/t19?,24-,25-,28+,29+/m0/s1. The van der Waals surface area contributed by atoms with Crippen molar-refractivity contribution in [2.24, 2.45) is 0 Å². The van der Waals surface area contributed by atoms with Crippen LogP contribution < -0.4 is 0 Å². The molecule has 260 valence electrons. The van der Waals surface area contributed by atoms with Gasteiger partial charge in [0.2, 0.25) is 12.1 Å². The van der Waals surface area contributed by atoms with Gasteiger partial charge in [0.1, 0.15) is 35.4 Å². The monoisotopic (exact) mass is 676 g/mol. The zero-order valence-corrected chi connectivity index (χ0v) is 28.0. The number of aromatic nitrogens is 6. The van der Waals surface area contributed by atoms with Gasteiger partial charge in [-0.3, -0.25) is 0 Å². The Kier molecular flexibility index (Phi) is 10.1. The molecule has 49 heavy (non-hydrogen) atoms. The molecular weight excluding hydrogens is 636 g/mol. The van der Waals surface area contributed by atoms with Gasteiger partial charge in [0, 0.05) is 32.6 Å². The Morgan fingerprint density at radius 2 is 1.73 bits per heavy atom. The molecule has 15 nitrogen and oxygen atoms in total. The lowest BCUT2D eigenvalue weighted by Crippen LogP contribution is -2.35. The molecule has 2 aromatic heterocycles. The Hall–Kier alpha value is -4.70. The van der Waals surface area contributed by atoms with Crippen molar-refractivity contribution in [2.45, 2.75) is 83.4 Å². The van der Waals surface area contributed by atoms with Gasteiger partial charge in [0.15, 0.2) is 11.8 Å². The number of esters is 1. The molecule has 0 bridgehead atoms. The summed E-state index contributed by atoms with van der Waals surface area (Å²) in [4.78, 5) is 31.1. The summed E-state index contributed by atoms with van der Waals surface area (Å²) in [6.45, 7) is 7.22. The first-order valence-electron chi connectivity index (χ1n) is 16.2. The molecule has 5 atom stereocenters. The summed E-state index contributed by atoms with van der Waals surface area (Å²) in [6, 6.07) is 15.6. The molecule has 0 aliphatic carbocycles. The first-order valence-corrected chi connectivity index (χ1v) is 16.2. The van der Waals surface area contributed by atoms with Crippen molar-refractivity contribution in [1.29, 1.82) is 0 Å². The summed E-state index contributed by atoms with van der Waals surface area (Å²) < 4.78 is 34.8. The molecule has 2 N–H and O–H groups in total. The number of benzene rings is 2. The van der Waals surface area contributed by atoms with Crippen LogP contribution in [0, 0.1) is 0 Å². The lowest BCUT2D eigenvalue weighted by atomic mass is 9.98. The van der Waals surface area contributed by atoms with Gasteiger partial charge in [-0.1, -0.05) is 55.5 Å². The fourth-order valence-corrected chi connectivity index (χ4v) is 6.15. The fraction of sp³-hybridized carbons (Fsp3) is 0.471. The molecule has 0 saturated carbocycles. The van der Waals surface area contributed by atoms with Crippen LogP contribution in [0.2, 0.25) is 0 Å². The molecule has 2 aliphatic rings. The summed E-state index contributed by atoms with van der Waals surface area (Å²) in [6.07, 6.45) is -2.84. The molecule has 0 spiro atoms. The summed E-state index contributed by atoms with van der Waals surface area (Å²) in [5.74, 6) is 0.275. The molecule has 15 heteroatoms. The van der Waals surface area contributed by atoms with Gasteiger partial charge in [0.05, 0.1) is 13.2 Å². The Morgan fingerprint density at radius 3 is 2.39 bits per heavy atom. The zero-order chi connectivity index (χ0) is 34.7. The van der Waals surface area contributed by atoms with Crippen molar-refractivity contribution in [3.8, 4) is 22.5 Å². The Labute approximate surface area is 282 Å². The minimum atomic E-state index is -1.48. The number of carbonyl (C=O) groups excluding carboxylic acids is 2. The van der Waals surface area contributed by atoms with Crippen LogP contribution in [0.3, 0.4) is 0 Å². The third kappa shape index (κ3) is 7.34. The number of fused-ring (bicyclic) bond motifs is 1. The molecule has 2 saturated heterocycles. The van der Waals surface area contributed by atoms with Crippen molar-refractivity contribution in [3.63, 3.8) is 0 Å². The fourth-order valence-electron chi connectivity index (χ4n) is 6.15. The molecule has 2 aliphatic heterocycles. The number of nitrogens with one attached hydrogen (secondary N) is 1. The number of hydrogen-bond donors (Lipinski definition) is 2. The lowest BCUT2D eigenvalue weighted by molar-refractivity contribution is -0.0995. The number of aromatic amines is 1. The number of rotatable bonds is 12. The third-order valence-corrected chi connectivity index (χ3v) is 8.46. The Morgan fingerprint density at radius 1 is 1.04 bits per heavy atom. The van der Waals surface area contributed by atoms with Gasteiger partial charge in [-0.25, -0.2) is 14.6 Å². The molecular formula is C34H40N6O9. The smallest absolute Gasteiger partial charge is 0.426 e. The van der Waals surface area contributed by atoms with Crippen molar-refractivity contribution < 1.29 is 43.1 Å². The average Bonchev–Trinajstić information content (AvgIpc) is 3.88. The number of tetrazole rings is 1. The summed E-state index contributed by atoms with van der Waals surface area (Å²) >= 11 is 0. The van der Waals surface area contributed by atoms with Gasteiger partial charge < -0.3 is 38.1 Å². The predicted molar refractivity (Wildman–Crippen MR) is 172 cm³/mol. The number of methoxy groups -OCH3 is 1. The largest absolute Gasteiger partial charge is 0.511 e. The van der Waals surface area contributed by atoms with E-state index in [0.29, 0.717) is 24.7 Å². The summed E-state index contributed by atoms with van der Waals surface area (Å²) in [7, 11) is 1.56. The van der Waals surface area contributed by atoms with Crippen molar-refractivity contribution in [2.75, 3.05) is 20.3 Å². The van der Waals surface area contributed by atoms with E-state index in [1.807, 2.05) is 55.5 Å². The molecule has 0 radical (unpaired) electrons. The SMILES string of the molecule is CCCc1nc(C(C)(C)O)c(C(=O)OC(C)OC(=O)O[C@H]2CO[C@H]3[C@@H]2OC[C@@H]3OC)n1Cc1ccc(-c2ccccc2-c2nn[nH]n2)cc1. The second kappa shape index (κ2) is 14.4. The molecule has 2 aromatic carbocycles. The van der Waals surface area contributed by atoms with Crippen LogP contribution in [0.4, 0.5) is 4.79 Å².